The Morgan fingerprint density at radius 1 is 1.25 bits per heavy atom. The average Bonchev–Trinajstić information content (AvgIpc) is 2.90. The van der Waals surface area contributed by atoms with Crippen LogP contribution in [0.3, 0.4) is 0 Å². The maximum absolute atomic E-state index is 11.2. The SMILES string of the molecule is COc1ccc(-c2nc3nccc(C(=O)O)c3[nH]2)cc1. The number of methoxy groups -OCH3 is 1. The Balaban J connectivity index is 2.12. The van der Waals surface area contributed by atoms with Crippen molar-refractivity contribution in [1.82, 2.24) is 15.0 Å². The molecule has 0 saturated carbocycles. The minimum atomic E-state index is -1.01. The van der Waals surface area contributed by atoms with Crippen LogP contribution in [0, 0.1) is 0 Å². The van der Waals surface area contributed by atoms with Gasteiger partial charge in [0.05, 0.1) is 18.2 Å². The first-order chi connectivity index (χ1) is 9.69. The zero-order valence-electron chi connectivity index (χ0n) is 10.6. The predicted octanol–water partition coefficient (Wildman–Crippen LogP) is 2.33. The lowest BCUT2D eigenvalue weighted by atomic mass is 10.2. The number of hydrogen-bond acceptors (Lipinski definition) is 4. The summed E-state index contributed by atoms with van der Waals surface area (Å²) in [6.45, 7) is 0. The van der Waals surface area contributed by atoms with Gasteiger partial charge in [0.2, 0.25) is 0 Å². The molecule has 0 aliphatic carbocycles. The summed E-state index contributed by atoms with van der Waals surface area (Å²) < 4.78 is 5.09. The minimum Gasteiger partial charge on any atom is -0.497 e. The van der Waals surface area contributed by atoms with Gasteiger partial charge in [-0.25, -0.2) is 14.8 Å². The highest BCUT2D eigenvalue weighted by Gasteiger charge is 2.13. The molecule has 0 fully saturated rings. The molecule has 0 aliphatic rings. The van der Waals surface area contributed by atoms with Gasteiger partial charge in [0.1, 0.15) is 11.6 Å². The minimum absolute atomic E-state index is 0.155. The van der Waals surface area contributed by atoms with Crippen LogP contribution >= 0.6 is 0 Å². The highest BCUT2D eigenvalue weighted by atomic mass is 16.5. The van der Waals surface area contributed by atoms with Gasteiger partial charge in [-0.05, 0) is 30.3 Å². The molecule has 6 nitrogen and oxygen atoms in total. The normalized spacial score (nSPS) is 10.7. The van der Waals surface area contributed by atoms with Crippen LogP contribution in [0.2, 0.25) is 0 Å². The quantitative estimate of drug-likeness (QED) is 0.761. The van der Waals surface area contributed by atoms with Crippen LogP contribution in [0.5, 0.6) is 5.75 Å². The molecule has 0 bridgehead atoms. The van der Waals surface area contributed by atoms with E-state index in [-0.39, 0.29) is 5.56 Å². The molecule has 0 spiro atoms. The second-order valence-electron chi connectivity index (χ2n) is 4.18. The van der Waals surface area contributed by atoms with E-state index in [9.17, 15) is 4.79 Å². The summed E-state index contributed by atoms with van der Waals surface area (Å²) in [7, 11) is 1.60. The largest absolute Gasteiger partial charge is 0.497 e. The van der Waals surface area contributed by atoms with E-state index in [4.69, 9.17) is 9.84 Å². The van der Waals surface area contributed by atoms with Crippen LogP contribution in [0.25, 0.3) is 22.6 Å². The number of nitrogens with one attached hydrogen (secondary N) is 1. The molecule has 0 saturated heterocycles. The molecular weight excluding hydrogens is 258 g/mol. The molecule has 3 rings (SSSR count). The summed E-state index contributed by atoms with van der Waals surface area (Å²) >= 11 is 0. The summed E-state index contributed by atoms with van der Waals surface area (Å²) in [5, 5.41) is 9.14. The fourth-order valence-corrected chi connectivity index (χ4v) is 1.97. The highest BCUT2D eigenvalue weighted by Crippen LogP contribution is 2.23. The Morgan fingerprint density at radius 3 is 2.65 bits per heavy atom. The van der Waals surface area contributed by atoms with Gasteiger partial charge in [0, 0.05) is 11.8 Å². The molecule has 2 aromatic heterocycles. The molecule has 2 N–H and O–H groups in total. The number of nitrogens with zero attached hydrogens (tertiary/aromatic N) is 2. The number of rotatable bonds is 3. The van der Waals surface area contributed by atoms with Gasteiger partial charge in [-0.2, -0.15) is 0 Å². The first-order valence-electron chi connectivity index (χ1n) is 5.91. The van der Waals surface area contributed by atoms with Crippen molar-refractivity contribution in [1.29, 1.82) is 0 Å². The third-order valence-corrected chi connectivity index (χ3v) is 2.99. The molecule has 3 aromatic rings. The van der Waals surface area contributed by atoms with Crippen molar-refractivity contribution in [3.63, 3.8) is 0 Å². The topological polar surface area (TPSA) is 88.1 Å². The molecule has 1 aromatic carbocycles. The average molecular weight is 269 g/mol. The van der Waals surface area contributed by atoms with Crippen LogP contribution < -0.4 is 4.74 Å². The second-order valence-corrected chi connectivity index (χ2v) is 4.18. The van der Waals surface area contributed by atoms with Gasteiger partial charge in [-0.3, -0.25) is 0 Å². The molecular formula is C14H11N3O3. The van der Waals surface area contributed by atoms with Gasteiger partial charge >= 0.3 is 5.97 Å². The number of ether oxygens (including phenoxy) is 1. The number of hydrogen-bond donors (Lipinski definition) is 2. The molecule has 0 amide bonds. The summed E-state index contributed by atoms with van der Waals surface area (Å²) in [6, 6.07) is 8.76. The number of carbonyl (C=O) groups is 1. The molecule has 2 heterocycles. The lowest BCUT2D eigenvalue weighted by Gasteiger charge is -2.00. The second kappa shape index (κ2) is 4.65. The van der Waals surface area contributed by atoms with Crippen molar-refractivity contribution in [3.05, 3.63) is 42.1 Å². The highest BCUT2D eigenvalue weighted by molar-refractivity contribution is 6.00. The maximum Gasteiger partial charge on any atom is 0.338 e. The van der Waals surface area contributed by atoms with E-state index >= 15 is 0 Å². The van der Waals surface area contributed by atoms with E-state index in [2.05, 4.69) is 15.0 Å². The van der Waals surface area contributed by atoms with E-state index < -0.39 is 5.97 Å². The number of carboxylic acid groups (broad SMARTS) is 1. The Labute approximate surface area is 114 Å². The smallest absolute Gasteiger partial charge is 0.338 e. The number of aromatic carboxylic acids is 1. The first-order valence-corrected chi connectivity index (χ1v) is 5.91. The third kappa shape index (κ3) is 1.97. The Bertz CT molecular complexity index is 778. The Kier molecular flexibility index (Phi) is 2.83. The van der Waals surface area contributed by atoms with Gasteiger partial charge in [0.15, 0.2) is 5.65 Å². The number of pyridine rings is 1. The van der Waals surface area contributed by atoms with Crippen molar-refractivity contribution < 1.29 is 14.6 Å². The number of aromatic amines is 1. The van der Waals surface area contributed by atoms with E-state index in [0.29, 0.717) is 17.0 Å². The van der Waals surface area contributed by atoms with Gasteiger partial charge < -0.3 is 14.8 Å². The zero-order valence-corrected chi connectivity index (χ0v) is 10.6. The summed E-state index contributed by atoms with van der Waals surface area (Å²) in [5.74, 6) is 0.306. The summed E-state index contributed by atoms with van der Waals surface area (Å²) in [5.41, 5.74) is 1.80. The molecule has 100 valence electrons. The molecule has 0 atom stereocenters. The summed E-state index contributed by atoms with van der Waals surface area (Å²) in [4.78, 5) is 22.5. The standard InChI is InChI=1S/C14H11N3O3/c1-20-9-4-2-8(3-5-9)12-16-11-10(14(18)19)6-7-15-13(11)17-12/h2-7H,1H3,(H,18,19)(H,15,16,17). The summed E-state index contributed by atoms with van der Waals surface area (Å²) in [6.07, 6.45) is 1.43. The van der Waals surface area contributed by atoms with Crippen LogP contribution in [-0.4, -0.2) is 33.1 Å². The van der Waals surface area contributed by atoms with E-state index in [1.165, 1.54) is 12.3 Å². The molecule has 0 radical (unpaired) electrons. The molecule has 0 aliphatic heterocycles. The molecule has 0 unspecified atom stereocenters. The van der Waals surface area contributed by atoms with Crippen molar-refractivity contribution >= 4 is 17.1 Å². The van der Waals surface area contributed by atoms with E-state index in [1.54, 1.807) is 7.11 Å². The zero-order chi connectivity index (χ0) is 14.1. The van der Waals surface area contributed by atoms with Crippen LogP contribution in [0.1, 0.15) is 10.4 Å². The Hall–Kier alpha value is -2.89. The lowest BCUT2D eigenvalue weighted by molar-refractivity contribution is 0.0698. The number of aromatic nitrogens is 3. The Morgan fingerprint density at radius 2 is 2.00 bits per heavy atom. The predicted molar refractivity (Wildman–Crippen MR) is 72.8 cm³/mol. The number of imidazole rings is 1. The van der Waals surface area contributed by atoms with Crippen molar-refractivity contribution in [2.45, 2.75) is 0 Å². The number of carboxylic acids is 1. The van der Waals surface area contributed by atoms with Crippen LogP contribution in [0.4, 0.5) is 0 Å². The van der Waals surface area contributed by atoms with Crippen LogP contribution in [0.15, 0.2) is 36.5 Å². The van der Waals surface area contributed by atoms with Crippen LogP contribution in [-0.2, 0) is 0 Å². The molecule has 6 heteroatoms. The van der Waals surface area contributed by atoms with Crippen molar-refractivity contribution in [2.75, 3.05) is 7.11 Å². The fourth-order valence-electron chi connectivity index (χ4n) is 1.97. The van der Waals surface area contributed by atoms with E-state index in [0.717, 1.165) is 11.3 Å². The monoisotopic (exact) mass is 269 g/mol. The van der Waals surface area contributed by atoms with Gasteiger partial charge in [-0.15, -0.1) is 0 Å². The van der Waals surface area contributed by atoms with Crippen molar-refractivity contribution in [3.8, 4) is 17.1 Å². The van der Waals surface area contributed by atoms with E-state index in [1.807, 2.05) is 24.3 Å². The third-order valence-electron chi connectivity index (χ3n) is 2.99. The molecule has 20 heavy (non-hydrogen) atoms. The lowest BCUT2D eigenvalue weighted by Crippen LogP contribution is -1.97. The maximum atomic E-state index is 11.2. The van der Waals surface area contributed by atoms with Gasteiger partial charge in [-0.1, -0.05) is 0 Å². The first kappa shape index (κ1) is 12.2. The number of fused-ring (bicyclic) bond motifs is 1. The van der Waals surface area contributed by atoms with Gasteiger partial charge in [0.25, 0.3) is 0 Å². The fraction of sp³-hybridized carbons (Fsp3) is 0.0714. The number of benzene rings is 1. The number of H-pyrrole nitrogens is 1. The van der Waals surface area contributed by atoms with Crippen molar-refractivity contribution in [2.24, 2.45) is 0 Å².